The second-order valence-corrected chi connectivity index (χ2v) is 9.53. The van der Waals surface area contributed by atoms with Crippen LogP contribution in [0, 0.1) is 5.92 Å². The third-order valence-electron chi connectivity index (χ3n) is 4.96. The number of hydrogen-bond acceptors (Lipinski definition) is 7. The molecule has 0 aliphatic carbocycles. The van der Waals surface area contributed by atoms with Crippen molar-refractivity contribution in [2.45, 2.75) is 44.1 Å². The van der Waals surface area contributed by atoms with Crippen molar-refractivity contribution < 1.29 is 32.2 Å². The number of benzene rings is 1. The number of sulfonamides is 1. The molecule has 2 heterocycles. The van der Waals surface area contributed by atoms with Gasteiger partial charge >= 0.3 is 5.97 Å². The Morgan fingerprint density at radius 3 is 2.50 bits per heavy atom. The van der Waals surface area contributed by atoms with E-state index in [0.29, 0.717) is 37.6 Å². The topological polar surface area (TPSA) is 111 Å². The average Bonchev–Trinajstić information content (AvgIpc) is 2.96. The van der Waals surface area contributed by atoms with Crippen molar-refractivity contribution in [3.05, 3.63) is 18.2 Å². The summed E-state index contributed by atoms with van der Waals surface area (Å²) in [6.07, 6.45) is 1.26. The highest BCUT2D eigenvalue weighted by Gasteiger charge is 2.33. The molecule has 0 unspecified atom stereocenters. The first kappa shape index (κ1) is 22.4. The van der Waals surface area contributed by atoms with Crippen LogP contribution in [-0.2, 0) is 24.3 Å². The molecular weight excluding hydrogens is 412 g/mol. The Labute approximate surface area is 176 Å². The lowest BCUT2D eigenvalue weighted by Crippen LogP contribution is -2.44. The van der Waals surface area contributed by atoms with Crippen LogP contribution >= 0.6 is 0 Å². The van der Waals surface area contributed by atoms with Crippen LogP contribution in [-0.4, -0.2) is 63.6 Å². The Balaban J connectivity index is 1.57. The second kappa shape index (κ2) is 9.65. The minimum Gasteiger partial charge on any atom is -0.490 e. The van der Waals surface area contributed by atoms with E-state index in [1.54, 1.807) is 19.9 Å². The lowest BCUT2D eigenvalue weighted by molar-refractivity contribution is -0.147. The standard InChI is InChI=1S/C20H28N2O7S/c1-14(2)29-19(23)13-21-20(24)15-6-8-22(9-7-15)30(25,26)16-4-5-17-18(12-16)28-11-3-10-27-17/h4-5,12,14-15H,3,6-11,13H2,1-2H3,(H,21,24). The summed E-state index contributed by atoms with van der Waals surface area (Å²) in [4.78, 5) is 24.0. The summed E-state index contributed by atoms with van der Waals surface area (Å²) in [6, 6.07) is 4.63. The fourth-order valence-corrected chi connectivity index (χ4v) is 4.91. The maximum absolute atomic E-state index is 13.0. The third-order valence-corrected chi connectivity index (χ3v) is 6.85. The molecule has 1 fully saturated rings. The Kier molecular flexibility index (Phi) is 7.19. The lowest BCUT2D eigenvalue weighted by Gasteiger charge is -2.30. The zero-order valence-corrected chi connectivity index (χ0v) is 18.1. The molecule has 30 heavy (non-hydrogen) atoms. The van der Waals surface area contributed by atoms with E-state index in [9.17, 15) is 18.0 Å². The Bertz CT molecular complexity index is 877. The Morgan fingerprint density at radius 1 is 1.17 bits per heavy atom. The van der Waals surface area contributed by atoms with Crippen molar-refractivity contribution in [2.75, 3.05) is 32.8 Å². The maximum Gasteiger partial charge on any atom is 0.325 e. The van der Waals surface area contributed by atoms with Crippen molar-refractivity contribution in [2.24, 2.45) is 5.92 Å². The predicted octanol–water partition coefficient (Wildman–Crippen LogP) is 1.32. The molecule has 2 aliphatic heterocycles. The van der Waals surface area contributed by atoms with Crippen molar-refractivity contribution in [1.29, 1.82) is 0 Å². The number of carbonyl (C=O) groups is 2. The van der Waals surface area contributed by atoms with Crippen LogP contribution in [0.3, 0.4) is 0 Å². The number of rotatable bonds is 6. The predicted molar refractivity (Wildman–Crippen MR) is 108 cm³/mol. The molecule has 10 heteroatoms. The van der Waals surface area contributed by atoms with Crippen molar-refractivity contribution >= 4 is 21.9 Å². The van der Waals surface area contributed by atoms with Gasteiger partial charge in [0.2, 0.25) is 15.9 Å². The van der Waals surface area contributed by atoms with E-state index >= 15 is 0 Å². The van der Waals surface area contributed by atoms with Gasteiger partial charge in [0.25, 0.3) is 0 Å². The van der Waals surface area contributed by atoms with Gasteiger partial charge in [-0.2, -0.15) is 4.31 Å². The SMILES string of the molecule is CC(C)OC(=O)CNC(=O)C1CCN(S(=O)(=O)c2ccc3c(c2)OCCCO3)CC1. The molecule has 0 aromatic heterocycles. The van der Waals surface area contributed by atoms with Crippen LogP contribution in [0.5, 0.6) is 11.5 Å². The first-order valence-corrected chi connectivity index (χ1v) is 11.6. The van der Waals surface area contributed by atoms with Gasteiger partial charge in [-0.25, -0.2) is 8.42 Å². The Hall–Kier alpha value is -2.33. The summed E-state index contributed by atoms with van der Waals surface area (Å²) in [7, 11) is -3.70. The molecule has 0 saturated carbocycles. The molecule has 0 bridgehead atoms. The van der Waals surface area contributed by atoms with E-state index in [2.05, 4.69) is 5.32 Å². The number of esters is 1. The van der Waals surface area contributed by atoms with E-state index in [4.69, 9.17) is 14.2 Å². The molecule has 1 amide bonds. The number of nitrogens with one attached hydrogen (secondary N) is 1. The minimum absolute atomic E-state index is 0.145. The average molecular weight is 441 g/mol. The van der Waals surface area contributed by atoms with E-state index in [1.165, 1.54) is 16.4 Å². The molecule has 1 saturated heterocycles. The number of hydrogen-bond donors (Lipinski definition) is 1. The van der Waals surface area contributed by atoms with Crippen LogP contribution in [0.2, 0.25) is 0 Å². The van der Waals surface area contributed by atoms with Crippen LogP contribution in [0.1, 0.15) is 33.1 Å². The fourth-order valence-electron chi connectivity index (χ4n) is 3.42. The number of carbonyl (C=O) groups excluding carboxylic acids is 2. The largest absolute Gasteiger partial charge is 0.490 e. The normalized spacial score (nSPS) is 18.0. The second-order valence-electron chi connectivity index (χ2n) is 7.59. The summed E-state index contributed by atoms with van der Waals surface area (Å²) >= 11 is 0. The first-order chi connectivity index (χ1) is 14.3. The number of ether oxygens (including phenoxy) is 3. The summed E-state index contributed by atoms with van der Waals surface area (Å²) in [5, 5.41) is 2.57. The van der Waals surface area contributed by atoms with E-state index < -0.39 is 16.0 Å². The first-order valence-electron chi connectivity index (χ1n) is 10.1. The van der Waals surface area contributed by atoms with Crippen LogP contribution in [0.15, 0.2) is 23.1 Å². The van der Waals surface area contributed by atoms with Gasteiger partial charge in [0.1, 0.15) is 6.54 Å². The smallest absolute Gasteiger partial charge is 0.325 e. The van der Waals surface area contributed by atoms with Crippen LogP contribution < -0.4 is 14.8 Å². The molecule has 0 radical (unpaired) electrons. The third kappa shape index (κ3) is 5.42. The molecule has 1 aromatic rings. The molecule has 2 aliphatic rings. The van der Waals surface area contributed by atoms with Gasteiger partial charge in [-0.05, 0) is 38.8 Å². The molecule has 9 nitrogen and oxygen atoms in total. The molecule has 0 atom stereocenters. The maximum atomic E-state index is 13.0. The monoisotopic (exact) mass is 440 g/mol. The quantitative estimate of drug-likeness (QED) is 0.664. The van der Waals surface area contributed by atoms with E-state index in [0.717, 1.165) is 6.42 Å². The molecule has 1 N–H and O–H groups in total. The Morgan fingerprint density at radius 2 is 1.83 bits per heavy atom. The van der Waals surface area contributed by atoms with Crippen LogP contribution in [0.4, 0.5) is 0 Å². The van der Waals surface area contributed by atoms with Gasteiger partial charge in [-0.1, -0.05) is 0 Å². The molecule has 166 valence electrons. The zero-order chi connectivity index (χ0) is 21.7. The van der Waals surface area contributed by atoms with Crippen LogP contribution in [0.25, 0.3) is 0 Å². The summed E-state index contributed by atoms with van der Waals surface area (Å²) < 4.78 is 43.5. The van der Waals surface area contributed by atoms with E-state index in [1.807, 2.05) is 0 Å². The number of amides is 1. The molecule has 0 spiro atoms. The highest BCUT2D eigenvalue weighted by Crippen LogP contribution is 2.33. The number of fused-ring (bicyclic) bond motifs is 1. The number of nitrogens with zero attached hydrogens (tertiary/aromatic N) is 1. The molecule has 3 rings (SSSR count). The van der Waals surface area contributed by atoms with Gasteiger partial charge in [0.15, 0.2) is 11.5 Å². The van der Waals surface area contributed by atoms with Gasteiger partial charge in [0, 0.05) is 31.5 Å². The minimum atomic E-state index is -3.70. The van der Waals surface area contributed by atoms with Gasteiger partial charge < -0.3 is 19.5 Å². The summed E-state index contributed by atoms with van der Waals surface area (Å²) in [5.74, 6) is -0.128. The summed E-state index contributed by atoms with van der Waals surface area (Å²) in [6.45, 7) is 4.74. The highest BCUT2D eigenvalue weighted by atomic mass is 32.2. The van der Waals surface area contributed by atoms with Crippen molar-refractivity contribution in [3.8, 4) is 11.5 Å². The fraction of sp³-hybridized carbons (Fsp3) is 0.600. The van der Waals surface area contributed by atoms with E-state index in [-0.39, 0.29) is 42.5 Å². The van der Waals surface area contributed by atoms with Gasteiger partial charge in [-0.15, -0.1) is 0 Å². The molecule has 1 aromatic carbocycles. The zero-order valence-electron chi connectivity index (χ0n) is 17.3. The highest BCUT2D eigenvalue weighted by molar-refractivity contribution is 7.89. The number of piperidine rings is 1. The van der Waals surface area contributed by atoms with Crippen molar-refractivity contribution in [3.63, 3.8) is 0 Å². The molecular formula is C20H28N2O7S. The van der Waals surface area contributed by atoms with Gasteiger partial charge in [-0.3, -0.25) is 9.59 Å². The summed E-state index contributed by atoms with van der Waals surface area (Å²) in [5.41, 5.74) is 0. The van der Waals surface area contributed by atoms with Crippen molar-refractivity contribution in [1.82, 2.24) is 9.62 Å². The lowest BCUT2D eigenvalue weighted by atomic mass is 9.97. The van der Waals surface area contributed by atoms with Gasteiger partial charge in [0.05, 0.1) is 24.2 Å².